The van der Waals surface area contributed by atoms with Gasteiger partial charge in [0.15, 0.2) is 0 Å². The molecule has 0 saturated carbocycles. The number of hydrogen-bond donors (Lipinski definition) is 0. The number of rotatable bonds is 8. The van der Waals surface area contributed by atoms with Crippen molar-refractivity contribution in [1.82, 2.24) is 9.21 Å². The number of benzene rings is 2. The van der Waals surface area contributed by atoms with Crippen LogP contribution in [0.5, 0.6) is 0 Å². The lowest BCUT2D eigenvalue weighted by molar-refractivity contribution is 0.119. The largest absolute Gasteiger partial charge is 0.368 e. The fourth-order valence-corrected chi connectivity index (χ4v) is 6.55. The molecular formula is C27H33F2N5S. The van der Waals surface area contributed by atoms with Crippen LogP contribution < -0.4 is 4.31 Å². The first kappa shape index (κ1) is 25.3. The molecule has 0 N–H and O–H groups in total. The van der Waals surface area contributed by atoms with E-state index in [2.05, 4.69) is 69.1 Å². The van der Waals surface area contributed by atoms with Crippen molar-refractivity contribution in [2.24, 2.45) is 10.2 Å². The fraction of sp³-hybridized carbons (Fsp3) is 0.370. The second-order valence-electron chi connectivity index (χ2n) is 9.21. The minimum absolute atomic E-state index is 0.0992. The predicted molar refractivity (Wildman–Crippen MR) is 146 cm³/mol. The number of halogens is 2. The molecule has 5 nitrogen and oxygen atoms in total. The summed E-state index contributed by atoms with van der Waals surface area (Å²) in [5, 5.41) is 7.59. The molecule has 2 aromatic carbocycles. The Bertz CT molecular complexity index is 1120. The number of allylic oxidation sites excluding steroid dienone is 1. The van der Waals surface area contributed by atoms with E-state index in [0.717, 1.165) is 35.6 Å². The van der Waals surface area contributed by atoms with E-state index in [1.807, 2.05) is 42.5 Å². The molecule has 1 saturated heterocycles. The summed E-state index contributed by atoms with van der Waals surface area (Å²) in [6.45, 7) is 13.2. The van der Waals surface area contributed by atoms with Crippen LogP contribution in [0.25, 0.3) is 0 Å². The van der Waals surface area contributed by atoms with E-state index in [9.17, 15) is 8.78 Å². The van der Waals surface area contributed by atoms with Crippen LogP contribution in [0.1, 0.15) is 38.3 Å². The average molecular weight is 498 g/mol. The van der Waals surface area contributed by atoms with Gasteiger partial charge in [-0.05, 0) is 60.8 Å². The molecule has 186 valence electrons. The standard InChI is InChI=1S/C27H33F2N5S/c1-19(2)34-20(3)16-32(17-21(34)4)35(5)33(24-9-7-6-8-10-24)18-22-11-13-23(14-12-22)25-15-26(27(28)29)31-30-25/h6-14,20-21,27H,1,5,15-18H2,2-4H3. The maximum absolute atomic E-state index is 12.9. The van der Waals surface area contributed by atoms with Gasteiger partial charge in [-0.3, -0.25) is 0 Å². The molecule has 2 aromatic rings. The smallest absolute Gasteiger partial charge is 0.278 e. The predicted octanol–water partition coefficient (Wildman–Crippen LogP) is 5.97. The van der Waals surface area contributed by atoms with Crippen LogP contribution in [0, 0.1) is 0 Å². The lowest BCUT2D eigenvalue weighted by Gasteiger charge is -2.48. The van der Waals surface area contributed by atoms with Crippen LogP contribution >= 0.6 is 10.9 Å². The molecule has 0 aromatic heterocycles. The highest BCUT2D eigenvalue weighted by atomic mass is 32.2. The van der Waals surface area contributed by atoms with E-state index in [1.54, 1.807) is 0 Å². The van der Waals surface area contributed by atoms with Crippen molar-refractivity contribution in [3.8, 4) is 0 Å². The molecule has 4 rings (SSSR count). The maximum atomic E-state index is 12.9. The zero-order chi connectivity index (χ0) is 25.1. The summed E-state index contributed by atoms with van der Waals surface area (Å²) in [5.74, 6) is 4.61. The molecule has 1 fully saturated rings. The Morgan fingerprint density at radius 2 is 1.69 bits per heavy atom. The first-order valence-corrected chi connectivity index (χ1v) is 13.1. The van der Waals surface area contributed by atoms with Gasteiger partial charge in [0.1, 0.15) is 5.71 Å². The SMILES string of the molecule is C=C(C)N1C(C)CN(S(=C)N(Cc2ccc(C3=NN=C(C(F)F)C3)cc2)c2ccccc2)CC1C. The Labute approximate surface area is 209 Å². The average Bonchev–Trinajstić information content (AvgIpc) is 3.33. The highest BCUT2D eigenvalue weighted by Gasteiger charge is 2.31. The van der Waals surface area contributed by atoms with Gasteiger partial charge in [0.05, 0.1) is 12.3 Å². The molecule has 2 aliphatic rings. The van der Waals surface area contributed by atoms with E-state index in [-0.39, 0.29) is 12.1 Å². The second-order valence-corrected chi connectivity index (χ2v) is 10.8. The number of alkyl halides is 2. The van der Waals surface area contributed by atoms with Gasteiger partial charge in [-0.25, -0.2) is 13.1 Å². The number of piperazine rings is 1. The molecule has 3 atom stereocenters. The van der Waals surface area contributed by atoms with Gasteiger partial charge in [-0.1, -0.05) is 49.0 Å². The minimum Gasteiger partial charge on any atom is -0.368 e. The van der Waals surface area contributed by atoms with Crippen LogP contribution in [0.3, 0.4) is 0 Å². The van der Waals surface area contributed by atoms with Crippen LogP contribution in [0.2, 0.25) is 0 Å². The zero-order valence-corrected chi connectivity index (χ0v) is 21.4. The third kappa shape index (κ3) is 5.70. The van der Waals surface area contributed by atoms with Gasteiger partial charge >= 0.3 is 0 Å². The van der Waals surface area contributed by atoms with Crippen LogP contribution in [0.4, 0.5) is 14.5 Å². The summed E-state index contributed by atoms with van der Waals surface area (Å²) in [6, 6.07) is 19.0. The fourth-order valence-electron chi connectivity index (χ4n) is 4.84. The Kier molecular flexibility index (Phi) is 7.82. The molecule has 8 heteroatoms. The van der Waals surface area contributed by atoms with Crippen molar-refractivity contribution in [2.75, 3.05) is 17.4 Å². The van der Waals surface area contributed by atoms with Crippen LogP contribution in [-0.4, -0.2) is 58.1 Å². The summed E-state index contributed by atoms with van der Waals surface area (Å²) in [4.78, 5) is 2.40. The van der Waals surface area contributed by atoms with Crippen molar-refractivity contribution in [3.05, 3.63) is 78.0 Å². The third-order valence-electron chi connectivity index (χ3n) is 6.44. The lowest BCUT2D eigenvalue weighted by Crippen LogP contribution is -2.54. The quantitative estimate of drug-likeness (QED) is 0.422. The van der Waals surface area contributed by atoms with Gasteiger partial charge in [0, 0.05) is 43.0 Å². The molecule has 35 heavy (non-hydrogen) atoms. The van der Waals surface area contributed by atoms with Crippen molar-refractivity contribution in [3.63, 3.8) is 0 Å². The summed E-state index contributed by atoms with van der Waals surface area (Å²) >= 11 is 0. The summed E-state index contributed by atoms with van der Waals surface area (Å²) in [7, 11) is -0.398. The number of anilines is 1. The third-order valence-corrected chi connectivity index (χ3v) is 8.18. The molecule has 2 aliphatic heterocycles. The molecule has 3 unspecified atom stereocenters. The molecule has 2 heterocycles. The second kappa shape index (κ2) is 10.8. The number of nitrogens with zero attached hydrogens (tertiary/aromatic N) is 5. The van der Waals surface area contributed by atoms with Crippen molar-refractivity contribution in [1.29, 1.82) is 0 Å². The Balaban J connectivity index is 1.51. The van der Waals surface area contributed by atoms with E-state index in [1.165, 1.54) is 0 Å². The summed E-state index contributed by atoms with van der Waals surface area (Å²) in [6.07, 6.45) is -2.46. The van der Waals surface area contributed by atoms with Crippen molar-refractivity contribution in [2.45, 2.75) is 52.2 Å². The monoisotopic (exact) mass is 497 g/mol. The first-order valence-electron chi connectivity index (χ1n) is 11.8. The normalized spacial score (nSPS) is 21.6. The lowest BCUT2D eigenvalue weighted by atomic mass is 10.0. The first-order chi connectivity index (χ1) is 16.7. The van der Waals surface area contributed by atoms with Gasteiger partial charge < -0.3 is 9.21 Å². The van der Waals surface area contributed by atoms with Gasteiger partial charge in [-0.15, -0.1) is 0 Å². The topological polar surface area (TPSA) is 34.4 Å². The van der Waals surface area contributed by atoms with Gasteiger partial charge in [0.2, 0.25) is 0 Å². The molecule has 0 aliphatic carbocycles. The molecule has 0 amide bonds. The van der Waals surface area contributed by atoms with Crippen LogP contribution in [-0.2, 0) is 6.54 Å². The van der Waals surface area contributed by atoms with E-state index in [4.69, 9.17) is 0 Å². The highest BCUT2D eigenvalue weighted by Crippen LogP contribution is 2.35. The van der Waals surface area contributed by atoms with Gasteiger partial charge in [-0.2, -0.15) is 10.2 Å². The Hall–Kier alpha value is -2.84. The Morgan fingerprint density at radius 1 is 1.06 bits per heavy atom. The van der Waals surface area contributed by atoms with E-state index in [0.29, 0.717) is 24.3 Å². The molecular weight excluding hydrogens is 464 g/mol. The highest BCUT2D eigenvalue weighted by molar-refractivity contribution is 8.13. The Morgan fingerprint density at radius 3 is 2.23 bits per heavy atom. The minimum atomic E-state index is -2.56. The molecule has 0 spiro atoms. The molecule has 0 radical (unpaired) electrons. The summed E-state index contributed by atoms with van der Waals surface area (Å²) < 4.78 is 30.6. The number of para-hydroxylation sites is 1. The van der Waals surface area contributed by atoms with Crippen molar-refractivity contribution >= 4 is 33.8 Å². The van der Waals surface area contributed by atoms with E-state index < -0.39 is 17.3 Å². The zero-order valence-electron chi connectivity index (χ0n) is 20.6. The maximum Gasteiger partial charge on any atom is 0.278 e. The number of hydrogen-bond acceptors (Lipinski definition) is 5. The van der Waals surface area contributed by atoms with Crippen molar-refractivity contribution < 1.29 is 8.78 Å². The van der Waals surface area contributed by atoms with Gasteiger partial charge in [0.25, 0.3) is 6.43 Å². The summed E-state index contributed by atoms with van der Waals surface area (Å²) in [5.41, 5.74) is 4.58. The molecule has 0 bridgehead atoms. The van der Waals surface area contributed by atoms with E-state index >= 15 is 0 Å². The van der Waals surface area contributed by atoms with Crippen LogP contribution in [0.15, 0.2) is 77.1 Å².